The van der Waals surface area contributed by atoms with Gasteiger partial charge in [-0.3, -0.25) is 9.00 Å². The van der Waals surface area contributed by atoms with Crippen molar-refractivity contribution in [2.24, 2.45) is 0 Å². The molecule has 0 spiro atoms. The zero-order chi connectivity index (χ0) is 11.4. The van der Waals surface area contributed by atoms with Crippen molar-refractivity contribution in [3.63, 3.8) is 0 Å². The quantitative estimate of drug-likeness (QED) is 0.853. The molecule has 0 aliphatic carbocycles. The van der Waals surface area contributed by atoms with E-state index in [1.807, 2.05) is 0 Å². The van der Waals surface area contributed by atoms with Gasteiger partial charge in [-0.25, -0.2) is 4.39 Å². The van der Waals surface area contributed by atoms with Crippen LogP contribution in [0.1, 0.15) is 12.5 Å². The van der Waals surface area contributed by atoms with Crippen molar-refractivity contribution in [1.29, 1.82) is 0 Å². The Bertz CT molecular complexity index is 392. The molecule has 2 atom stereocenters. The van der Waals surface area contributed by atoms with E-state index in [1.165, 1.54) is 25.1 Å². The van der Waals surface area contributed by atoms with E-state index in [4.69, 9.17) is 5.11 Å². The van der Waals surface area contributed by atoms with Crippen molar-refractivity contribution in [2.75, 3.05) is 0 Å². The predicted molar refractivity (Wildman–Crippen MR) is 55.3 cm³/mol. The highest BCUT2D eigenvalue weighted by molar-refractivity contribution is 7.85. The number of benzene rings is 1. The van der Waals surface area contributed by atoms with Crippen molar-refractivity contribution >= 4 is 16.8 Å². The van der Waals surface area contributed by atoms with Crippen LogP contribution in [0.2, 0.25) is 0 Å². The fourth-order valence-electron chi connectivity index (χ4n) is 1.01. The van der Waals surface area contributed by atoms with Gasteiger partial charge in [0.1, 0.15) is 11.1 Å². The van der Waals surface area contributed by atoms with Gasteiger partial charge < -0.3 is 5.11 Å². The molecule has 1 rings (SSSR count). The van der Waals surface area contributed by atoms with Crippen LogP contribution in [0.25, 0.3) is 0 Å². The third-order valence-electron chi connectivity index (χ3n) is 2.00. The molecule has 1 aromatic rings. The molecule has 0 aromatic heterocycles. The van der Waals surface area contributed by atoms with Crippen LogP contribution in [0.5, 0.6) is 0 Å². The van der Waals surface area contributed by atoms with E-state index in [0.717, 1.165) is 0 Å². The molecule has 1 aromatic carbocycles. The van der Waals surface area contributed by atoms with Gasteiger partial charge in [-0.1, -0.05) is 18.2 Å². The van der Waals surface area contributed by atoms with Crippen LogP contribution in [0.15, 0.2) is 24.3 Å². The number of hydrogen-bond acceptors (Lipinski definition) is 2. The number of hydrogen-bond donors (Lipinski definition) is 1. The average molecular weight is 230 g/mol. The number of carboxylic acid groups (broad SMARTS) is 1. The van der Waals surface area contributed by atoms with Gasteiger partial charge in [0.15, 0.2) is 0 Å². The van der Waals surface area contributed by atoms with Gasteiger partial charge in [-0.15, -0.1) is 0 Å². The molecule has 15 heavy (non-hydrogen) atoms. The van der Waals surface area contributed by atoms with Crippen molar-refractivity contribution < 1.29 is 18.5 Å². The summed E-state index contributed by atoms with van der Waals surface area (Å²) in [7, 11) is -1.60. The van der Waals surface area contributed by atoms with Crippen molar-refractivity contribution in [3.8, 4) is 0 Å². The first-order valence-electron chi connectivity index (χ1n) is 4.35. The molecule has 0 bridgehead atoms. The van der Waals surface area contributed by atoms with Crippen LogP contribution >= 0.6 is 0 Å². The monoisotopic (exact) mass is 230 g/mol. The van der Waals surface area contributed by atoms with Crippen LogP contribution in [-0.4, -0.2) is 20.5 Å². The number of rotatable bonds is 4. The highest BCUT2D eigenvalue weighted by atomic mass is 32.2. The average Bonchev–Trinajstić information content (AvgIpc) is 2.20. The van der Waals surface area contributed by atoms with Gasteiger partial charge in [0, 0.05) is 16.4 Å². The summed E-state index contributed by atoms with van der Waals surface area (Å²) in [5.41, 5.74) is 0.281. The molecule has 0 amide bonds. The van der Waals surface area contributed by atoms with Crippen LogP contribution in [0, 0.1) is 5.82 Å². The summed E-state index contributed by atoms with van der Waals surface area (Å²) < 4.78 is 24.6. The summed E-state index contributed by atoms with van der Waals surface area (Å²) in [4.78, 5) is 10.5. The zero-order valence-corrected chi connectivity index (χ0v) is 8.96. The maximum absolute atomic E-state index is 13.1. The van der Waals surface area contributed by atoms with E-state index < -0.39 is 27.8 Å². The Hall–Kier alpha value is -1.23. The maximum atomic E-state index is 13.1. The molecule has 5 heteroatoms. The van der Waals surface area contributed by atoms with E-state index in [9.17, 15) is 13.4 Å². The minimum Gasteiger partial charge on any atom is -0.480 e. The summed E-state index contributed by atoms with van der Waals surface area (Å²) in [5, 5.41) is 7.63. The second-order valence-electron chi connectivity index (χ2n) is 3.10. The predicted octanol–water partition coefficient (Wildman–Crippen LogP) is 1.55. The maximum Gasteiger partial charge on any atom is 0.318 e. The van der Waals surface area contributed by atoms with Crippen LogP contribution in [0.4, 0.5) is 4.39 Å². The van der Waals surface area contributed by atoms with E-state index in [2.05, 4.69) is 0 Å². The molecular weight excluding hydrogens is 219 g/mol. The van der Waals surface area contributed by atoms with Crippen LogP contribution in [-0.2, 0) is 21.3 Å². The Kier molecular flexibility index (Phi) is 3.96. The summed E-state index contributed by atoms with van der Waals surface area (Å²) in [6.07, 6.45) is 0. The second kappa shape index (κ2) is 5.02. The number of carboxylic acids is 1. The summed E-state index contributed by atoms with van der Waals surface area (Å²) in [5.74, 6) is -1.66. The normalized spacial score (nSPS) is 14.5. The zero-order valence-electron chi connectivity index (χ0n) is 8.14. The Balaban J connectivity index is 2.75. The molecule has 82 valence electrons. The standard InChI is InChI=1S/C10H11FO3S/c1-7(10(12)13)15(14)6-8-4-2-3-5-9(8)11/h2-5,7H,6H2,1H3,(H,12,13). The van der Waals surface area contributed by atoms with Crippen molar-refractivity contribution in [1.82, 2.24) is 0 Å². The Morgan fingerprint density at radius 3 is 2.67 bits per heavy atom. The molecule has 1 N–H and O–H groups in total. The van der Waals surface area contributed by atoms with Crippen LogP contribution in [0.3, 0.4) is 0 Å². The third kappa shape index (κ3) is 3.13. The summed E-state index contributed by atoms with van der Waals surface area (Å²) >= 11 is 0. The molecule has 0 aliphatic heterocycles. The molecule has 3 nitrogen and oxygen atoms in total. The molecule has 0 radical (unpaired) electrons. The van der Waals surface area contributed by atoms with E-state index >= 15 is 0 Å². The topological polar surface area (TPSA) is 54.4 Å². The summed E-state index contributed by atoms with van der Waals surface area (Å²) in [6.45, 7) is 1.35. The van der Waals surface area contributed by atoms with Gasteiger partial charge >= 0.3 is 5.97 Å². The molecule has 0 saturated carbocycles. The SMILES string of the molecule is CC(C(=O)O)S(=O)Cc1ccccc1F. The minimum atomic E-state index is -1.60. The van der Waals surface area contributed by atoms with E-state index in [0.29, 0.717) is 0 Å². The van der Waals surface area contributed by atoms with Gasteiger partial charge in [0.05, 0.1) is 5.75 Å². The number of halogens is 1. The molecule has 0 fully saturated rings. The first-order chi connectivity index (χ1) is 7.02. The number of carbonyl (C=O) groups is 1. The molecular formula is C10H11FO3S. The fraction of sp³-hybridized carbons (Fsp3) is 0.300. The smallest absolute Gasteiger partial charge is 0.318 e. The Labute approximate surface area is 89.4 Å². The van der Waals surface area contributed by atoms with Crippen molar-refractivity contribution in [3.05, 3.63) is 35.6 Å². The van der Waals surface area contributed by atoms with Crippen LogP contribution < -0.4 is 0 Å². The first kappa shape index (κ1) is 11.8. The molecule has 0 aliphatic rings. The summed E-state index contributed by atoms with van der Waals surface area (Å²) in [6, 6.07) is 5.92. The minimum absolute atomic E-state index is 0.0693. The van der Waals surface area contributed by atoms with E-state index in [-0.39, 0.29) is 11.3 Å². The lowest BCUT2D eigenvalue weighted by molar-refractivity contribution is -0.136. The molecule has 0 saturated heterocycles. The molecule has 0 heterocycles. The third-order valence-corrected chi connectivity index (χ3v) is 3.58. The lowest BCUT2D eigenvalue weighted by Crippen LogP contribution is -2.23. The van der Waals surface area contributed by atoms with Gasteiger partial charge in [-0.05, 0) is 13.0 Å². The highest BCUT2D eigenvalue weighted by Crippen LogP contribution is 2.11. The van der Waals surface area contributed by atoms with Gasteiger partial charge in [0.25, 0.3) is 0 Å². The first-order valence-corrected chi connectivity index (χ1v) is 5.74. The second-order valence-corrected chi connectivity index (χ2v) is 4.85. The van der Waals surface area contributed by atoms with E-state index in [1.54, 1.807) is 6.07 Å². The Morgan fingerprint density at radius 2 is 2.13 bits per heavy atom. The highest BCUT2D eigenvalue weighted by Gasteiger charge is 2.19. The lowest BCUT2D eigenvalue weighted by Gasteiger charge is -2.06. The van der Waals surface area contributed by atoms with Gasteiger partial charge in [-0.2, -0.15) is 0 Å². The fourth-order valence-corrected chi connectivity index (χ4v) is 2.02. The molecule has 2 unspecified atom stereocenters. The Morgan fingerprint density at radius 1 is 1.53 bits per heavy atom. The lowest BCUT2D eigenvalue weighted by atomic mass is 10.2. The largest absolute Gasteiger partial charge is 0.480 e. The number of aliphatic carboxylic acids is 1. The van der Waals surface area contributed by atoms with Gasteiger partial charge in [0.2, 0.25) is 0 Å². The van der Waals surface area contributed by atoms with Crippen molar-refractivity contribution in [2.45, 2.75) is 17.9 Å².